The van der Waals surface area contributed by atoms with E-state index >= 15 is 0 Å². The number of aryl methyl sites for hydroxylation is 4. The first-order chi connectivity index (χ1) is 16.4. The Hall–Kier alpha value is -3.20. The number of aromatic nitrogens is 3. The predicted molar refractivity (Wildman–Crippen MR) is 129 cm³/mol. The van der Waals surface area contributed by atoms with Crippen molar-refractivity contribution >= 4 is 23.2 Å². The van der Waals surface area contributed by atoms with E-state index < -0.39 is 0 Å². The predicted octanol–water partition coefficient (Wildman–Crippen LogP) is 3.30. The van der Waals surface area contributed by atoms with Gasteiger partial charge in [0.1, 0.15) is 10.6 Å². The number of ether oxygens (including phenoxy) is 1. The second-order valence-corrected chi connectivity index (χ2v) is 10.2. The third-order valence-electron chi connectivity index (χ3n) is 6.42. The molecule has 1 aliphatic carbocycles. The molecule has 0 unspecified atom stereocenters. The molecule has 3 heterocycles. The lowest BCUT2D eigenvalue weighted by molar-refractivity contribution is 0.0734. The van der Waals surface area contributed by atoms with Crippen LogP contribution in [0.3, 0.4) is 0 Å². The van der Waals surface area contributed by atoms with Gasteiger partial charge in [-0.2, -0.15) is 5.10 Å². The van der Waals surface area contributed by atoms with Crippen molar-refractivity contribution in [3.05, 3.63) is 62.4 Å². The van der Waals surface area contributed by atoms with E-state index in [4.69, 9.17) is 9.84 Å². The average molecular weight is 480 g/mol. The highest BCUT2D eigenvalue weighted by atomic mass is 32.1. The standard InChI is InChI=1S/C25H29N5O3S/c1-15-23(34-16(2)26-15)25(32)29-12-11-21-20(14-29)22(24(31)27-18-6-7-18)28-30(21)13-10-17-4-8-19(33-3)9-5-17/h4-5,8-9,18H,6-7,10-14H2,1-3H3,(H,27,31). The number of hydrogen-bond acceptors (Lipinski definition) is 6. The molecule has 5 rings (SSSR count). The maximum absolute atomic E-state index is 13.2. The number of amides is 2. The smallest absolute Gasteiger partial charge is 0.272 e. The molecule has 3 aromatic rings. The lowest BCUT2D eigenvalue weighted by Crippen LogP contribution is -2.37. The number of fused-ring (bicyclic) bond motifs is 1. The van der Waals surface area contributed by atoms with E-state index in [0.29, 0.717) is 36.6 Å². The zero-order chi connectivity index (χ0) is 23.8. The van der Waals surface area contributed by atoms with Gasteiger partial charge in [-0.1, -0.05) is 12.1 Å². The molecule has 1 fully saturated rings. The number of carbonyl (C=O) groups is 2. The number of nitrogens with one attached hydrogen (secondary N) is 1. The summed E-state index contributed by atoms with van der Waals surface area (Å²) in [5.74, 6) is 0.671. The van der Waals surface area contributed by atoms with E-state index in [2.05, 4.69) is 22.4 Å². The van der Waals surface area contributed by atoms with Gasteiger partial charge in [0.05, 0.1) is 24.4 Å². The maximum atomic E-state index is 13.2. The molecule has 8 nitrogen and oxygen atoms in total. The molecule has 0 saturated heterocycles. The Balaban J connectivity index is 1.39. The minimum atomic E-state index is -0.138. The van der Waals surface area contributed by atoms with Gasteiger partial charge in [0, 0.05) is 36.8 Å². The van der Waals surface area contributed by atoms with Crippen molar-refractivity contribution < 1.29 is 14.3 Å². The lowest BCUT2D eigenvalue weighted by Gasteiger charge is -2.27. The normalized spacial score (nSPS) is 15.2. The first-order valence-electron chi connectivity index (χ1n) is 11.7. The number of carbonyl (C=O) groups excluding carboxylic acids is 2. The fourth-order valence-corrected chi connectivity index (χ4v) is 5.30. The Labute approximate surface area is 202 Å². The van der Waals surface area contributed by atoms with Crippen molar-refractivity contribution in [3.8, 4) is 5.75 Å². The second kappa shape index (κ2) is 9.21. The van der Waals surface area contributed by atoms with Crippen LogP contribution in [0.5, 0.6) is 5.75 Å². The van der Waals surface area contributed by atoms with Crippen LogP contribution in [0.1, 0.15) is 60.5 Å². The first kappa shape index (κ1) is 22.6. The van der Waals surface area contributed by atoms with Gasteiger partial charge in [0.15, 0.2) is 5.69 Å². The molecule has 34 heavy (non-hydrogen) atoms. The molecule has 0 spiro atoms. The SMILES string of the molecule is COc1ccc(CCn2nc(C(=O)NC3CC3)c3c2CCN(C(=O)c2sc(C)nc2C)C3)cc1. The van der Waals surface area contributed by atoms with Crippen molar-refractivity contribution in [1.29, 1.82) is 0 Å². The number of benzene rings is 1. The van der Waals surface area contributed by atoms with Gasteiger partial charge in [-0.15, -0.1) is 11.3 Å². The van der Waals surface area contributed by atoms with Gasteiger partial charge < -0.3 is 15.0 Å². The number of methoxy groups -OCH3 is 1. The molecular weight excluding hydrogens is 450 g/mol. The summed E-state index contributed by atoms with van der Waals surface area (Å²) in [5.41, 5.74) is 4.31. The Kier molecular flexibility index (Phi) is 6.12. The summed E-state index contributed by atoms with van der Waals surface area (Å²) in [6.45, 7) is 5.45. The third-order valence-corrected chi connectivity index (χ3v) is 7.48. The summed E-state index contributed by atoms with van der Waals surface area (Å²) in [6.07, 6.45) is 3.50. The van der Waals surface area contributed by atoms with Crippen LogP contribution in [0.25, 0.3) is 0 Å². The zero-order valence-electron chi connectivity index (χ0n) is 19.8. The zero-order valence-corrected chi connectivity index (χ0v) is 20.6. The van der Waals surface area contributed by atoms with Crippen LogP contribution in [0, 0.1) is 13.8 Å². The number of thiazole rings is 1. The number of nitrogens with zero attached hydrogens (tertiary/aromatic N) is 4. The van der Waals surface area contributed by atoms with E-state index in [-0.39, 0.29) is 17.9 Å². The Morgan fingerprint density at radius 3 is 2.62 bits per heavy atom. The Bertz CT molecular complexity index is 1230. The highest BCUT2D eigenvalue weighted by molar-refractivity contribution is 7.13. The molecule has 9 heteroatoms. The topological polar surface area (TPSA) is 89.4 Å². The van der Waals surface area contributed by atoms with Crippen LogP contribution >= 0.6 is 11.3 Å². The fourth-order valence-electron chi connectivity index (χ4n) is 4.41. The Morgan fingerprint density at radius 2 is 1.97 bits per heavy atom. The minimum absolute atomic E-state index is 0.0201. The molecule has 0 radical (unpaired) electrons. The third kappa shape index (κ3) is 4.57. The summed E-state index contributed by atoms with van der Waals surface area (Å²) < 4.78 is 7.21. The molecule has 0 bridgehead atoms. The summed E-state index contributed by atoms with van der Waals surface area (Å²) in [7, 11) is 1.66. The molecule has 2 aliphatic rings. The molecule has 1 aromatic carbocycles. The first-order valence-corrected chi connectivity index (χ1v) is 12.5. The van der Waals surface area contributed by atoms with Crippen molar-refractivity contribution in [2.45, 2.75) is 58.7 Å². The molecular formula is C25H29N5O3S. The Morgan fingerprint density at radius 1 is 1.21 bits per heavy atom. The van der Waals surface area contributed by atoms with Crippen LogP contribution < -0.4 is 10.1 Å². The fraction of sp³-hybridized carbons (Fsp3) is 0.440. The highest BCUT2D eigenvalue weighted by Gasteiger charge is 2.33. The summed E-state index contributed by atoms with van der Waals surface area (Å²) in [4.78, 5) is 33.2. The molecule has 178 valence electrons. The average Bonchev–Trinajstić information content (AvgIpc) is 3.48. The quantitative estimate of drug-likeness (QED) is 0.562. The lowest BCUT2D eigenvalue weighted by atomic mass is 10.0. The molecule has 1 N–H and O–H groups in total. The molecule has 2 aromatic heterocycles. The van der Waals surface area contributed by atoms with Crippen molar-refractivity contribution in [1.82, 2.24) is 25.0 Å². The summed E-state index contributed by atoms with van der Waals surface area (Å²) in [6, 6.07) is 8.26. The van der Waals surface area contributed by atoms with Gasteiger partial charge in [0.25, 0.3) is 11.8 Å². The van der Waals surface area contributed by atoms with Crippen molar-refractivity contribution in [2.75, 3.05) is 13.7 Å². The molecule has 1 aliphatic heterocycles. The van der Waals surface area contributed by atoms with Gasteiger partial charge in [-0.05, 0) is 50.8 Å². The molecule has 0 atom stereocenters. The molecule has 2 amide bonds. The van der Waals surface area contributed by atoms with Crippen LogP contribution in [-0.4, -0.2) is 51.2 Å². The number of rotatable bonds is 7. The maximum Gasteiger partial charge on any atom is 0.272 e. The van der Waals surface area contributed by atoms with Gasteiger partial charge in [0.2, 0.25) is 0 Å². The molecule has 1 saturated carbocycles. The highest BCUT2D eigenvalue weighted by Crippen LogP contribution is 2.28. The van der Waals surface area contributed by atoms with Crippen molar-refractivity contribution in [2.24, 2.45) is 0 Å². The van der Waals surface area contributed by atoms with Gasteiger partial charge >= 0.3 is 0 Å². The van der Waals surface area contributed by atoms with E-state index in [1.165, 1.54) is 16.9 Å². The van der Waals surface area contributed by atoms with E-state index in [9.17, 15) is 9.59 Å². The van der Waals surface area contributed by atoms with Crippen molar-refractivity contribution in [3.63, 3.8) is 0 Å². The van der Waals surface area contributed by atoms with E-state index in [1.807, 2.05) is 35.6 Å². The second-order valence-electron chi connectivity index (χ2n) is 8.97. The van der Waals surface area contributed by atoms with Crippen LogP contribution in [0.15, 0.2) is 24.3 Å². The van der Waals surface area contributed by atoms with Gasteiger partial charge in [-0.3, -0.25) is 14.3 Å². The van der Waals surface area contributed by atoms with E-state index in [1.54, 1.807) is 7.11 Å². The minimum Gasteiger partial charge on any atom is -0.497 e. The van der Waals surface area contributed by atoms with Crippen LogP contribution in [-0.2, 0) is 25.9 Å². The largest absolute Gasteiger partial charge is 0.497 e. The number of hydrogen-bond donors (Lipinski definition) is 1. The summed E-state index contributed by atoms with van der Waals surface area (Å²) in [5, 5.41) is 8.69. The van der Waals surface area contributed by atoms with E-state index in [0.717, 1.165) is 47.0 Å². The summed E-state index contributed by atoms with van der Waals surface area (Å²) >= 11 is 1.43. The monoisotopic (exact) mass is 479 g/mol. The van der Waals surface area contributed by atoms with Crippen LogP contribution in [0.2, 0.25) is 0 Å². The van der Waals surface area contributed by atoms with Gasteiger partial charge in [-0.25, -0.2) is 4.98 Å². The van der Waals surface area contributed by atoms with Crippen LogP contribution in [0.4, 0.5) is 0 Å².